The number of amides is 1. The molecule has 0 saturated carbocycles. The molecule has 23 heavy (non-hydrogen) atoms. The van der Waals surface area contributed by atoms with E-state index in [2.05, 4.69) is 22.4 Å². The van der Waals surface area contributed by atoms with Gasteiger partial charge in [-0.25, -0.2) is 0 Å². The number of fused-ring (bicyclic) bond motifs is 2. The summed E-state index contributed by atoms with van der Waals surface area (Å²) < 4.78 is 0. The van der Waals surface area contributed by atoms with E-state index in [4.69, 9.17) is 0 Å². The van der Waals surface area contributed by atoms with E-state index in [-0.39, 0.29) is 11.2 Å². The minimum Gasteiger partial charge on any atom is -0.324 e. The molecule has 1 N–H and O–H groups in total. The van der Waals surface area contributed by atoms with E-state index < -0.39 is 0 Å². The van der Waals surface area contributed by atoms with Crippen molar-refractivity contribution >= 4 is 34.3 Å². The van der Waals surface area contributed by atoms with Crippen molar-refractivity contribution < 1.29 is 4.79 Å². The molecule has 1 aromatic heterocycles. The van der Waals surface area contributed by atoms with Gasteiger partial charge in [-0.05, 0) is 48.7 Å². The van der Waals surface area contributed by atoms with E-state index in [1.807, 2.05) is 43.3 Å². The maximum absolute atomic E-state index is 12.7. The van der Waals surface area contributed by atoms with Crippen molar-refractivity contribution in [3.05, 3.63) is 65.9 Å². The molecule has 1 aliphatic heterocycles. The standard InChI is InChI=1S/C19H16N2OS/c1-12-8-9-15(14-6-4-10-20-18(12)14)21-19(22)17-11-13-5-2-3-7-16(13)23-17/h2-10,17H,11H2,1H3,(H,21,22)/t17-/m0/s1. The predicted octanol–water partition coefficient (Wildman–Crippen LogP) is 4.20. The van der Waals surface area contributed by atoms with Gasteiger partial charge in [0.25, 0.3) is 0 Å². The van der Waals surface area contributed by atoms with Gasteiger partial charge in [0.1, 0.15) is 0 Å². The van der Waals surface area contributed by atoms with Gasteiger partial charge in [0.05, 0.1) is 16.5 Å². The van der Waals surface area contributed by atoms with E-state index in [1.165, 1.54) is 10.5 Å². The Morgan fingerprint density at radius 2 is 2.04 bits per heavy atom. The summed E-state index contributed by atoms with van der Waals surface area (Å²) in [7, 11) is 0. The highest BCUT2D eigenvalue weighted by atomic mass is 32.2. The number of nitrogens with one attached hydrogen (secondary N) is 1. The lowest BCUT2D eigenvalue weighted by Crippen LogP contribution is -2.24. The number of anilines is 1. The van der Waals surface area contributed by atoms with Crippen LogP contribution >= 0.6 is 11.8 Å². The molecule has 1 atom stereocenters. The molecule has 0 bridgehead atoms. The first-order chi connectivity index (χ1) is 11.2. The van der Waals surface area contributed by atoms with Crippen LogP contribution in [0.1, 0.15) is 11.1 Å². The van der Waals surface area contributed by atoms with Crippen LogP contribution in [0.2, 0.25) is 0 Å². The summed E-state index contributed by atoms with van der Waals surface area (Å²) in [5.74, 6) is 0.0557. The molecule has 0 spiro atoms. The van der Waals surface area contributed by atoms with Crippen LogP contribution in [-0.2, 0) is 11.2 Å². The fraction of sp³-hybridized carbons (Fsp3) is 0.158. The summed E-state index contributed by atoms with van der Waals surface area (Å²) in [6.07, 6.45) is 2.57. The fourth-order valence-electron chi connectivity index (χ4n) is 2.96. The molecule has 0 saturated heterocycles. The Labute approximate surface area is 139 Å². The van der Waals surface area contributed by atoms with E-state index in [9.17, 15) is 4.79 Å². The molecular weight excluding hydrogens is 304 g/mol. The second kappa shape index (κ2) is 5.70. The van der Waals surface area contributed by atoms with Crippen LogP contribution in [0.15, 0.2) is 59.6 Å². The van der Waals surface area contributed by atoms with Gasteiger partial charge in [0.15, 0.2) is 0 Å². The molecule has 4 rings (SSSR count). The highest BCUT2D eigenvalue weighted by Crippen LogP contribution is 2.37. The zero-order valence-electron chi connectivity index (χ0n) is 12.7. The first-order valence-corrected chi connectivity index (χ1v) is 8.50. The Morgan fingerprint density at radius 3 is 2.91 bits per heavy atom. The average molecular weight is 320 g/mol. The number of nitrogens with zero attached hydrogens (tertiary/aromatic N) is 1. The zero-order valence-corrected chi connectivity index (χ0v) is 13.6. The minimum absolute atomic E-state index is 0.0557. The van der Waals surface area contributed by atoms with Crippen LogP contribution in [-0.4, -0.2) is 16.1 Å². The lowest BCUT2D eigenvalue weighted by Gasteiger charge is -2.13. The quantitative estimate of drug-likeness (QED) is 0.769. The van der Waals surface area contributed by atoms with Crippen molar-refractivity contribution in [2.75, 3.05) is 5.32 Å². The van der Waals surface area contributed by atoms with Crippen LogP contribution < -0.4 is 5.32 Å². The van der Waals surface area contributed by atoms with Gasteiger partial charge in [0.2, 0.25) is 5.91 Å². The number of hydrogen-bond donors (Lipinski definition) is 1. The molecule has 0 aliphatic carbocycles. The molecule has 114 valence electrons. The van der Waals surface area contributed by atoms with Gasteiger partial charge < -0.3 is 5.32 Å². The predicted molar refractivity (Wildman–Crippen MR) is 94.9 cm³/mol. The summed E-state index contributed by atoms with van der Waals surface area (Å²) in [6.45, 7) is 2.03. The SMILES string of the molecule is Cc1ccc(NC(=O)[C@@H]2Cc3ccccc3S2)c2cccnc12. The lowest BCUT2D eigenvalue weighted by atomic mass is 10.1. The molecule has 0 unspecified atom stereocenters. The number of hydrogen-bond acceptors (Lipinski definition) is 3. The summed E-state index contributed by atoms with van der Waals surface area (Å²) in [4.78, 5) is 18.3. The number of carbonyl (C=O) groups excluding carboxylic acids is 1. The third kappa shape index (κ3) is 2.59. The third-order valence-corrected chi connectivity index (χ3v) is 5.49. The molecule has 2 aromatic carbocycles. The summed E-state index contributed by atoms with van der Waals surface area (Å²) in [6, 6.07) is 16.1. The topological polar surface area (TPSA) is 42.0 Å². The Hall–Kier alpha value is -2.33. The van der Waals surface area contributed by atoms with Gasteiger partial charge in [-0.3, -0.25) is 9.78 Å². The monoisotopic (exact) mass is 320 g/mol. The Balaban J connectivity index is 1.60. The summed E-state index contributed by atoms with van der Waals surface area (Å²) in [5, 5.41) is 4.01. The maximum atomic E-state index is 12.7. The van der Waals surface area contributed by atoms with E-state index >= 15 is 0 Å². The van der Waals surface area contributed by atoms with Crippen LogP contribution in [0.4, 0.5) is 5.69 Å². The number of aryl methyl sites for hydroxylation is 1. The van der Waals surface area contributed by atoms with Gasteiger partial charge in [-0.1, -0.05) is 24.3 Å². The van der Waals surface area contributed by atoms with Crippen LogP contribution in [0.25, 0.3) is 10.9 Å². The minimum atomic E-state index is -0.0691. The number of thioether (sulfide) groups is 1. The van der Waals surface area contributed by atoms with Gasteiger partial charge in [0, 0.05) is 16.5 Å². The Bertz CT molecular complexity index is 882. The third-order valence-electron chi connectivity index (χ3n) is 4.17. The van der Waals surface area contributed by atoms with E-state index in [0.717, 1.165) is 28.6 Å². The second-order valence-electron chi connectivity index (χ2n) is 5.74. The number of rotatable bonds is 2. The molecule has 0 fully saturated rings. The summed E-state index contributed by atoms with van der Waals surface area (Å²) in [5.41, 5.74) is 4.14. The lowest BCUT2D eigenvalue weighted by molar-refractivity contribution is -0.115. The smallest absolute Gasteiger partial charge is 0.238 e. The highest BCUT2D eigenvalue weighted by Gasteiger charge is 2.28. The van der Waals surface area contributed by atoms with Gasteiger partial charge >= 0.3 is 0 Å². The van der Waals surface area contributed by atoms with Crippen LogP contribution in [0.5, 0.6) is 0 Å². The molecule has 2 heterocycles. The van der Waals surface area contributed by atoms with Crippen LogP contribution in [0.3, 0.4) is 0 Å². The first-order valence-electron chi connectivity index (χ1n) is 7.62. The Morgan fingerprint density at radius 1 is 1.17 bits per heavy atom. The number of carbonyl (C=O) groups is 1. The van der Waals surface area contributed by atoms with Crippen molar-refractivity contribution in [3.8, 4) is 0 Å². The highest BCUT2D eigenvalue weighted by molar-refractivity contribution is 8.01. The van der Waals surface area contributed by atoms with Crippen molar-refractivity contribution in [2.45, 2.75) is 23.5 Å². The van der Waals surface area contributed by atoms with Gasteiger partial charge in [-0.15, -0.1) is 11.8 Å². The van der Waals surface area contributed by atoms with E-state index in [0.29, 0.717) is 0 Å². The van der Waals surface area contributed by atoms with Gasteiger partial charge in [-0.2, -0.15) is 0 Å². The second-order valence-corrected chi connectivity index (χ2v) is 6.98. The first kappa shape index (κ1) is 14.3. The molecule has 1 amide bonds. The summed E-state index contributed by atoms with van der Waals surface area (Å²) >= 11 is 1.64. The molecule has 1 aliphatic rings. The maximum Gasteiger partial charge on any atom is 0.238 e. The molecular formula is C19H16N2OS. The van der Waals surface area contributed by atoms with E-state index in [1.54, 1.807) is 18.0 Å². The van der Waals surface area contributed by atoms with Crippen molar-refractivity contribution in [1.82, 2.24) is 4.98 Å². The Kier molecular flexibility index (Phi) is 3.54. The molecule has 3 nitrogen and oxygen atoms in total. The fourth-order valence-corrected chi connectivity index (χ4v) is 4.16. The normalized spacial score (nSPS) is 16.3. The largest absolute Gasteiger partial charge is 0.324 e. The van der Waals surface area contributed by atoms with Crippen molar-refractivity contribution in [3.63, 3.8) is 0 Å². The van der Waals surface area contributed by atoms with Crippen molar-refractivity contribution in [2.24, 2.45) is 0 Å². The number of pyridine rings is 1. The number of aromatic nitrogens is 1. The average Bonchev–Trinajstić information content (AvgIpc) is 3.02. The zero-order chi connectivity index (χ0) is 15.8. The van der Waals surface area contributed by atoms with Crippen molar-refractivity contribution in [1.29, 1.82) is 0 Å². The number of benzene rings is 2. The molecule has 0 radical (unpaired) electrons. The molecule has 4 heteroatoms. The molecule has 3 aromatic rings. The van der Waals surface area contributed by atoms with Crippen LogP contribution in [0, 0.1) is 6.92 Å².